The first kappa shape index (κ1) is 10.5. The largest absolute Gasteiger partial charge is 0.298 e. The molecule has 3 nitrogen and oxygen atoms in total. The van der Waals surface area contributed by atoms with Crippen molar-refractivity contribution in [1.82, 2.24) is 4.98 Å². The van der Waals surface area contributed by atoms with Crippen LogP contribution in [0.2, 0.25) is 5.02 Å². The maximum Gasteiger partial charge on any atom is 0.281 e. The van der Waals surface area contributed by atoms with Gasteiger partial charge in [-0.2, -0.15) is 5.26 Å². The maximum absolute atomic E-state index is 12.3. The maximum atomic E-state index is 12.3. The van der Waals surface area contributed by atoms with Crippen LogP contribution in [0.4, 0.5) is 8.78 Å². The second-order valence-corrected chi connectivity index (χ2v) is 2.72. The zero-order valence-electron chi connectivity index (χ0n) is 6.67. The SMILES string of the molecule is N#Cc1c(Cl)cnc(C(F)F)c1C=O. The van der Waals surface area contributed by atoms with E-state index < -0.39 is 17.7 Å². The average molecular weight is 217 g/mol. The van der Waals surface area contributed by atoms with Crippen LogP contribution in [0.3, 0.4) is 0 Å². The topological polar surface area (TPSA) is 53.8 Å². The molecule has 0 spiro atoms. The lowest BCUT2D eigenvalue weighted by Crippen LogP contribution is -2.01. The lowest BCUT2D eigenvalue weighted by molar-refractivity contribution is 0.110. The van der Waals surface area contributed by atoms with E-state index in [9.17, 15) is 13.6 Å². The smallest absolute Gasteiger partial charge is 0.281 e. The van der Waals surface area contributed by atoms with Crippen molar-refractivity contribution in [3.05, 3.63) is 28.0 Å². The van der Waals surface area contributed by atoms with Crippen LogP contribution in [0, 0.1) is 11.3 Å². The number of aldehydes is 1. The van der Waals surface area contributed by atoms with Crippen molar-refractivity contribution in [2.45, 2.75) is 6.43 Å². The van der Waals surface area contributed by atoms with Gasteiger partial charge in [0, 0.05) is 6.20 Å². The zero-order valence-corrected chi connectivity index (χ0v) is 7.42. The minimum absolute atomic E-state index is 0.112. The quantitative estimate of drug-likeness (QED) is 0.713. The van der Waals surface area contributed by atoms with Crippen molar-refractivity contribution < 1.29 is 13.6 Å². The Morgan fingerprint density at radius 2 is 2.29 bits per heavy atom. The van der Waals surface area contributed by atoms with Gasteiger partial charge in [0.15, 0.2) is 6.29 Å². The molecule has 0 aliphatic carbocycles. The standard InChI is InChI=1S/C8H3ClF2N2O/c9-6-2-13-7(8(10)11)5(3-14)4(6)1-12/h2-3,8H. The Bertz CT molecular complexity index is 415. The monoisotopic (exact) mass is 216 g/mol. The molecule has 0 bridgehead atoms. The van der Waals surface area contributed by atoms with E-state index >= 15 is 0 Å². The molecule has 1 aromatic rings. The average Bonchev–Trinajstić information content (AvgIpc) is 2.16. The number of hydrogen-bond acceptors (Lipinski definition) is 3. The van der Waals surface area contributed by atoms with Gasteiger partial charge in [0.25, 0.3) is 6.43 Å². The van der Waals surface area contributed by atoms with Gasteiger partial charge in [-0.3, -0.25) is 9.78 Å². The molecule has 0 saturated carbocycles. The highest BCUT2D eigenvalue weighted by Gasteiger charge is 2.19. The highest BCUT2D eigenvalue weighted by atomic mass is 35.5. The van der Waals surface area contributed by atoms with Gasteiger partial charge in [-0.25, -0.2) is 8.78 Å². The fourth-order valence-corrected chi connectivity index (χ4v) is 1.12. The molecule has 0 aromatic carbocycles. The highest BCUT2D eigenvalue weighted by molar-refractivity contribution is 6.32. The Balaban J connectivity index is 3.50. The third kappa shape index (κ3) is 1.70. The minimum Gasteiger partial charge on any atom is -0.298 e. The third-order valence-corrected chi connectivity index (χ3v) is 1.82. The van der Waals surface area contributed by atoms with Crippen molar-refractivity contribution >= 4 is 17.9 Å². The van der Waals surface area contributed by atoms with Crippen LogP contribution in [0.5, 0.6) is 0 Å². The Labute approximate surface area is 82.9 Å². The zero-order chi connectivity index (χ0) is 10.7. The second-order valence-electron chi connectivity index (χ2n) is 2.31. The van der Waals surface area contributed by atoms with E-state index in [-0.39, 0.29) is 16.9 Å². The Morgan fingerprint density at radius 1 is 1.64 bits per heavy atom. The van der Waals surface area contributed by atoms with Gasteiger partial charge in [0.1, 0.15) is 11.8 Å². The van der Waals surface area contributed by atoms with E-state index in [1.54, 1.807) is 6.07 Å². The van der Waals surface area contributed by atoms with Crippen molar-refractivity contribution in [3.63, 3.8) is 0 Å². The van der Waals surface area contributed by atoms with Gasteiger partial charge in [-0.1, -0.05) is 11.6 Å². The van der Waals surface area contributed by atoms with Crippen LogP contribution in [0.15, 0.2) is 6.20 Å². The van der Waals surface area contributed by atoms with E-state index in [4.69, 9.17) is 16.9 Å². The van der Waals surface area contributed by atoms with E-state index in [2.05, 4.69) is 4.98 Å². The van der Waals surface area contributed by atoms with Crippen LogP contribution in [0.25, 0.3) is 0 Å². The Kier molecular flexibility index (Phi) is 3.10. The van der Waals surface area contributed by atoms with E-state index in [0.29, 0.717) is 0 Å². The van der Waals surface area contributed by atoms with Crippen LogP contribution >= 0.6 is 11.6 Å². The lowest BCUT2D eigenvalue weighted by atomic mass is 10.1. The molecule has 0 fully saturated rings. The molecule has 0 aliphatic heterocycles. The number of alkyl halides is 2. The summed E-state index contributed by atoms with van der Waals surface area (Å²) in [4.78, 5) is 13.8. The molecule has 1 aromatic heterocycles. The first-order valence-electron chi connectivity index (χ1n) is 3.43. The van der Waals surface area contributed by atoms with Crippen molar-refractivity contribution in [2.24, 2.45) is 0 Å². The summed E-state index contributed by atoms with van der Waals surface area (Å²) >= 11 is 5.50. The Morgan fingerprint density at radius 3 is 2.71 bits per heavy atom. The molecule has 6 heteroatoms. The van der Waals surface area contributed by atoms with Crippen LogP contribution in [0.1, 0.15) is 28.0 Å². The number of pyridine rings is 1. The molecule has 1 heterocycles. The Hall–Kier alpha value is -1.54. The number of hydrogen-bond donors (Lipinski definition) is 0. The van der Waals surface area contributed by atoms with Crippen molar-refractivity contribution in [3.8, 4) is 6.07 Å². The van der Waals surface area contributed by atoms with E-state index in [1.807, 2.05) is 0 Å². The summed E-state index contributed by atoms with van der Waals surface area (Å²) in [6.45, 7) is 0. The number of nitrogens with zero attached hydrogens (tertiary/aromatic N) is 2. The van der Waals surface area contributed by atoms with Crippen molar-refractivity contribution in [1.29, 1.82) is 5.26 Å². The highest BCUT2D eigenvalue weighted by Crippen LogP contribution is 2.25. The van der Waals surface area contributed by atoms with Crippen LogP contribution in [-0.2, 0) is 0 Å². The van der Waals surface area contributed by atoms with Crippen LogP contribution in [-0.4, -0.2) is 11.3 Å². The second kappa shape index (κ2) is 4.11. The fourth-order valence-electron chi connectivity index (χ4n) is 0.924. The summed E-state index contributed by atoms with van der Waals surface area (Å²) in [6.07, 6.45) is -1.83. The molecule has 0 amide bonds. The molecule has 72 valence electrons. The summed E-state index contributed by atoms with van der Waals surface area (Å²) in [7, 11) is 0. The minimum atomic E-state index is -2.90. The molecule has 0 atom stereocenters. The molecule has 14 heavy (non-hydrogen) atoms. The molecular formula is C8H3ClF2N2O. The summed E-state index contributed by atoms with van der Waals surface area (Å²) in [5, 5.41) is 8.46. The van der Waals surface area contributed by atoms with Crippen molar-refractivity contribution in [2.75, 3.05) is 0 Å². The molecule has 0 saturated heterocycles. The lowest BCUT2D eigenvalue weighted by Gasteiger charge is -2.04. The molecule has 0 unspecified atom stereocenters. The third-order valence-electron chi connectivity index (χ3n) is 1.54. The number of carbonyl (C=O) groups is 1. The fraction of sp³-hybridized carbons (Fsp3) is 0.125. The van der Waals surface area contributed by atoms with Gasteiger partial charge >= 0.3 is 0 Å². The molecule has 0 N–H and O–H groups in total. The van der Waals surface area contributed by atoms with Gasteiger partial charge in [0.05, 0.1) is 16.1 Å². The summed E-state index contributed by atoms with van der Waals surface area (Å²) in [5.41, 5.74) is -1.44. The van der Waals surface area contributed by atoms with E-state index in [0.717, 1.165) is 6.20 Å². The first-order valence-corrected chi connectivity index (χ1v) is 3.81. The van der Waals surface area contributed by atoms with Gasteiger partial charge in [-0.05, 0) is 0 Å². The van der Waals surface area contributed by atoms with Gasteiger partial charge < -0.3 is 0 Å². The van der Waals surface area contributed by atoms with Gasteiger partial charge in [-0.15, -0.1) is 0 Å². The summed E-state index contributed by atoms with van der Waals surface area (Å²) in [6, 6.07) is 1.57. The number of aromatic nitrogens is 1. The normalized spacial score (nSPS) is 9.93. The van der Waals surface area contributed by atoms with E-state index in [1.165, 1.54) is 0 Å². The number of nitriles is 1. The molecule has 0 aliphatic rings. The molecule has 0 radical (unpaired) electrons. The number of carbonyl (C=O) groups excluding carboxylic acids is 1. The molecular weight excluding hydrogens is 214 g/mol. The number of halogens is 3. The predicted molar refractivity (Wildman–Crippen MR) is 44.3 cm³/mol. The summed E-state index contributed by atoms with van der Waals surface area (Å²) < 4.78 is 24.6. The molecule has 1 rings (SSSR count). The van der Waals surface area contributed by atoms with Crippen LogP contribution < -0.4 is 0 Å². The van der Waals surface area contributed by atoms with Gasteiger partial charge in [0.2, 0.25) is 0 Å². The summed E-state index contributed by atoms with van der Waals surface area (Å²) in [5.74, 6) is 0. The number of rotatable bonds is 2. The predicted octanol–water partition coefficient (Wildman–Crippen LogP) is 2.36. The first-order chi connectivity index (χ1) is 6.61.